The molecule has 0 radical (unpaired) electrons. The first-order valence-corrected chi connectivity index (χ1v) is 13.0. The van der Waals surface area contributed by atoms with E-state index in [0.29, 0.717) is 43.9 Å². The van der Waals surface area contributed by atoms with Gasteiger partial charge in [-0.15, -0.1) is 0 Å². The number of carbonyl (C=O) groups is 1. The number of amides is 1. The van der Waals surface area contributed by atoms with Crippen molar-refractivity contribution in [2.24, 2.45) is 5.92 Å². The van der Waals surface area contributed by atoms with E-state index in [0.717, 1.165) is 27.8 Å². The summed E-state index contributed by atoms with van der Waals surface area (Å²) >= 11 is 0. The third-order valence-electron chi connectivity index (χ3n) is 7.07. The van der Waals surface area contributed by atoms with Crippen molar-refractivity contribution in [2.75, 3.05) is 33.7 Å². The summed E-state index contributed by atoms with van der Waals surface area (Å²) in [4.78, 5) is 16.5. The molecule has 3 aromatic rings. The Morgan fingerprint density at radius 3 is 2.87 bits per heavy atom. The smallest absolute Gasteiger partial charge is 0.286 e. The fourth-order valence-electron chi connectivity index (χ4n) is 5.15. The molecule has 0 saturated heterocycles. The first-order chi connectivity index (χ1) is 18.6. The molecule has 3 N–H and O–H groups in total. The van der Waals surface area contributed by atoms with Crippen LogP contribution in [0.4, 0.5) is 0 Å². The number of carbonyl (C=O) groups excluding carboxylic acids is 1. The summed E-state index contributed by atoms with van der Waals surface area (Å²) in [7, 11) is 1.65. The number of H-pyrrole nitrogens is 1. The summed E-state index contributed by atoms with van der Waals surface area (Å²) in [6.45, 7) is 3.03. The lowest BCUT2D eigenvalue weighted by Gasteiger charge is -2.37. The lowest BCUT2D eigenvalue weighted by Crippen LogP contribution is -2.39. The molecule has 2 aliphatic heterocycles. The predicted octanol–water partition coefficient (Wildman–Crippen LogP) is 4.01. The largest absolute Gasteiger partial charge is 0.497 e. The average molecular weight is 523 g/mol. The molecular formula is C29H34N2O7. The van der Waals surface area contributed by atoms with Crippen molar-refractivity contribution in [1.29, 1.82) is 0 Å². The molecule has 202 valence electrons. The van der Waals surface area contributed by atoms with Gasteiger partial charge in [0.1, 0.15) is 5.75 Å². The van der Waals surface area contributed by atoms with Crippen LogP contribution in [0.2, 0.25) is 0 Å². The minimum Gasteiger partial charge on any atom is -0.497 e. The minimum absolute atomic E-state index is 0.0694. The molecule has 9 heteroatoms. The predicted molar refractivity (Wildman–Crippen MR) is 141 cm³/mol. The van der Waals surface area contributed by atoms with E-state index in [-0.39, 0.29) is 36.9 Å². The number of fused-ring (bicyclic) bond motifs is 2. The van der Waals surface area contributed by atoms with Crippen LogP contribution in [-0.4, -0.2) is 55.9 Å². The molecule has 0 fully saturated rings. The molecule has 38 heavy (non-hydrogen) atoms. The van der Waals surface area contributed by atoms with Crippen LogP contribution < -0.4 is 19.5 Å². The first kappa shape index (κ1) is 25.9. The van der Waals surface area contributed by atoms with E-state index in [1.54, 1.807) is 7.11 Å². The van der Waals surface area contributed by atoms with E-state index in [1.807, 2.05) is 55.6 Å². The number of hydrogen-bond acceptors (Lipinski definition) is 7. The zero-order chi connectivity index (χ0) is 26.5. The van der Waals surface area contributed by atoms with Gasteiger partial charge < -0.3 is 39.1 Å². The maximum Gasteiger partial charge on any atom is 0.286 e. The number of rotatable bonds is 11. The van der Waals surface area contributed by atoms with Crippen molar-refractivity contribution in [3.8, 4) is 17.2 Å². The van der Waals surface area contributed by atoms with Gasteiger partial charge in [0, 0.05) is 48.7 Å². The van der Waals surface area contributed by atoms with Crippen LogP contribution in [0, 0.1) is 5.92 Å². The molecule has 0 saturated carbocycles. The Labute approximate surface area is 221 Å². The van der Waals surface area contributed by atoms with Crippen molar-refractivity contribution < 1.29 is 33.6 Å². The highest BCUT2D eigenvalue weighted by Gasteiger charge is 2.38. The van der Waals surface area contributed by atoms with E-state index < -0.39 is 6.29 Å². The van der Waals surface area contributed by atoms with Gasteiger partial charge in [-0.2, -0.15) is 0 Å². The fourth-order valence-corrected chi connectivity index (χ4v) is 5.15. The minimum atomic E-state index is -0.617. The van der Waals surface area contributed by atoms with Gasteiger partial charge in [0.05, 0.1) is 7.11 Å². The van der Waals surface area contributed by atoms with Crippen LogP contribution in [0.25, 0.3) is 10.9 Å². The van der Waals surface area contributed by atoms with Crippen LogP contribution in [0.15, 0.2) is 54.4 Å². The van der Waals surface area contributed by atoms with Gasteiger partial charge in [-0.25, -0.2) is 0 Å². The summed E-state index contributed by atoms with van der Waals surface area (Å²) in [5.74, 6) is 1.85. The molecule has 9 nitrogen and oxygen atoms in total. The number of benzene rings is 2. The maximum atomic E-state index is 13.3. The van der Waals surface area contributed by atoms with Gasteiger partial charge in [0.25, 0.3) is 5.91 Å². The molecule has 3 atom stereocenters. The second kappa shape index (κ2) is 11.8. The summed E-state index contributed by atoms with van der Waals surface area (Å²) < 4.78 is 28.5. The van der Waals surface area contributed by atoms with Crippen molar-refractivity contribution in [2.45, 2.75) is 38.4 Å². The third kappa shape index (κ3) is 5.44. The number of hydrogen-bond donors (Lipinski definition) is 3. The lowest BCUT2D eigenvalue weighted by molar-refractivity contribution is -0.166. The Morgan fingerprint density at radius 1 is 1.18 bits per heavy atom. The molecule has 0 aliphatic carbocycles. The van der Waals surface area contributed by atoms with Gasteiger partial charge in [-0.1, -0.05) is 6.07 Å². The molecule has 3 unspecified atom stereocenters. The molecular weight excluding hydrogens is 488 g/mol. The standard InChI is InChI=1S/C29H34N2O7/c1-3-35-29-21(5-4-12-32)22(18-6-9-25-26(13-18)37-17-36-25)15-27(38-29)28(33)30-11-10-19-16-31-24-8-7-20(34-2)14-23(19)24/h6-9,13-16,21-22,29,31-32H,3-5,10-12,17H2,1-2H3,(H,30,33). The topological polar surface area (TPSA) is 111 Å². The maximum absolute atomic E-state index is 13.3. The van der Waals surface area contributed by atoms with Crippen LogP contribution >= 0.6 is 0 Å². The Bertz CT molecular complexity index is 1300. The molecule has 2 aliphatic rings. The van der Waals surface area contributed by atoms with E-state index in [9.17, 15) is 9.90 Å². The van der Waals surface area contributed by atoms with Gasteiger partial charge in [-0.05, 0) is 73.7 Å². The Morgan fingerprint density at radius 2 is 2.05 bits per heavy atom. The molecule has 1 aromatic heterocycles. The number of methoxy groups -OCH3 is 1. The van der Waals surface area contributed by atoms with Gasteiger partial charge in [-0.3, -0.25) is 4.79 Å². The monoisotopic (exact) mass is 522 g/mol. The Hall–Kier alpha value is -3.69. The van der Waals surface area contributed by atoms with Crippen LogP contribution in [0.5, 0.6) is 17.2 Å². The number of nitrogens with one attached hydrogen (secondary N) is 2. The second-order valence-electron chi connectivity index (χ2n) is 9.37. The highest BCUT2D eigenvalue weighted by atomic mass is 16.7. The number of ether oxygens (including phenoxy) is 5. The number of allylic oxidation sites excluding steroid dienone is 1. The summed E-state index contributed by atoms with van der Waals surface area (Å²) in [5, 5.41) is 13.6. The van der Waals surface area contributed by atoms with Crippen molar-refractivity contribution in [3.63, 3.8) is 0 Å². The van der Waals surface area contributed by atoms with Crippen molar-refractivity contribution in [3.05, 3.63) is 65.6 Å². The Balaban J connectivity index is 1.34. The van der Waals surface area contributed by atoms with Crippen LogP contribution in [-0.2, 0) is 20.7 Å². The normalized spacial score (nSPS) is 20.2. The lowest BCUT2D eigenvalue weighted by atomic mass is 9.80. The number of aromatic nitrogens is 1. The molecule has 1 amide bonds. The molecule has 2 aromatic carbocycles. The van der Waals surface area contributed by atoms with Gasteiger partial charge >= 0.3 is 0 Å². The Kier molecular flexibility index (Phi) is 8.05. The number of aromatic amines is 1. The van der Waals surface area contributed by atoms with Crippen LogP contribution in [0.3, 0.4) is 0 Å². The number of aliphatic hydroxyl groups is 1. The van der Waals surface area contributed by atoms with Gasteiger partial charge in [0.2, 0.25) is 13.1 Å². The van der Waals surface area contributed by atoms with E-state index in [2.05, 4.69) is 10.3 Å². The highest BCUT2D eigenvalue weighted by Crippen LogP contribution is 2.42. The zero-order valence-electron chi connectivity index (χ0n) is 21.7. The molecule has 3 heterocycles. The summed E-state index contributed by atoms with van der Waals surface area (Å²) in [6.07, 6.45) is 5.12. The quantitative estimate of drug-likeness (QED) is 0.349. The second-order valence-corrected chi connectivity index (χ2v) is 9.37. The first-order valence-electron chi connectivity index (χ1n) is 13.0. The van der Waals surface area contributed by atoms with Crippen molar-refractivity contribution in [1.82, 2.24) is 10.3 Å². The van der Waals surface area contributed by atoms with Gasteiger partial charge in [0.15, 0.2) is 17.3 Å². The van der Waals surface area contributed by atoms with Crippen molar-refractivity contribution >= 4 is 16.8 Å². The van der Waals surface area contributed by atoms with Crippen LogP contribution in [0.1, 0.15) is 36.8 Å². The van der Waals surface area contributed by atoms with E-state index in [1.165, 1.54) is 0 Å². The fraction of sp³-hybridized carbons (Fsp3) is 0.414. The molecule has 0 spiro atoms. The third-order valence-corrected chi connectivity index (χ3v) is 7.07. The SMILES string of the molecule is CCOC1OC(C(=O)NCCc2c[nH]c3ccc(OC)cc23)=CC(c2ccc3c(c2)OCO3)C1CCCO. The van der Waals surface area contributed by atoms with E-state index in [4.69, 9.17) is 23.7 Å². The summed E-state index contributed by atoms with van der Waals surface area (Å²) in [6, 6.07) is 11.7. The number of aliphatic hydroxyl groups excluding tert-OH is 1. The molecule has 5 rings (SSSR count). The zero-order valence-corrected chi connectivity index (χ0v) is 21.7. The molecule has 0 bridgehead atoms. The summed E-state index contributed by atoms with van der Waals surface area (Å²) in [5.41, 5.74) is 3.08. The van der Waals surface area contributed by atoms with E-state index >= 15 is 0 Å². The average Bonchev–Trinajstić information content (AvgIpc) is 3.58. The highest BCUT2D eigenvalue weighted by molar-refractivity contribution is 5.92.